The second-order valence-electron chi connectivity index (χ2n) is 4.69. The molecule has 0 N–H and O–H groups in total. The van der Waals surface area contributed by atoms with E-state index >= 15 is 0 Å². The Morgan fingerprint density at radius 1 is 1.24 bits per heavy atom. The molecule has 0 radical (unpaired) electrons. The molecule has 0 heterocycles. The molecule has 0 atom stereocenters. The second-order valence-corrected chi connectivity index (χ2v) is 5.07. The van der Waals surface area contributed by atoms with Gasteiger partial charge in [-0.05, 0) is 30.2 Å². The van der Waals surface area contributed by atoms with Crippen LogP contribution in [0.15, 0.2) is 42.5 Å². The standard InChI is InChI=1S/C17H16ClFO2/c1-2-9-21-14-7-3-5-12(10-14)16(20)11-13-6-4-8-15(19)17(13)18/h3-8,10H,2,9,11H2,1H3. The maximum absolute atomic E-state index is 13.4. The van der Waals surface area contributed by atoms with Crippen LogP contribution in [0.4, 0.5) is 4.39 Å². The molecule has 0 unspecified atom stereocenters. The topological polar surface area (TPSA) is 26.3 Å². The van der Waals surface area contributed by atoms with Crippen LogP contribution in [-0.2, 0) is 6.42 Å². The van der Waals surface area contributed by atoms with E-state index in [2.05, 4.69) is 0 Å². The zero-order chi connectivity index (χ0) is 15.2. The maximum atomic E-state index is 13.4. The number of benzene rings is 2. The molecule has 2 aromatic carbocycles. The molecule has 0 spiro atoms. The van der Waals surface area contributed by atoms with Gasteiger partial charge in [-0.25, -0.2) is 4.39 Å². The third-order valence-electron chi connectivity index (χ3n) is 3.01. The highest BCUT2D eigenvalue weighted by molar-refractivity contribution is 6.31. The number of Topliss-reactive ketones (excluding diaryl/α,β-unsaturated/α-hetero) is 1. The average Bonchev–Trinajstić information content (AvgIpc) is 2.50. The van der Waals surface area contributed by atoms with Crippen LogP contribution in [0.25, 0.3) is 0 Å². The van der Waals surface area contributed by atoms with Crippen molar-refractivity contribution < 1.29 is 13.9 Å². The van der Waals surface area contributed by atoms with Gasteiger partial charge in [-0.3, -0.25) is 4.79 Å². The minimum Gasteiger partial charge on any atom is -0.494 e. The summed E-state index contributed by atoms with van der Waals surface area (Å²) >= 11 is 5.87. The van der Waals surface area contributed by atoms with E-state index in [1.165, 1.54) is 6.07 Å². The molecule has 0 aromatic heterocycles. The van der Waals surface area contributed by atoms with E-state index in [-0.39, 0.29) is 17.2 Å². The average molecular weight is 307 g/mol. The number of rotatable bonds is 6. The summed E-state index contributed by atoms with van der Waals surface area (Å²) in [5.41, 5.74) is 1.02. The largest absolute Gasteiger partial charge is 0.494 e. The highest BCUT2D eigenvalue weighted by Gasteiger charge is 2.12. The van der Waals surface area contributed by atoms with Gasteiger partial charge in [0, 0.05) is 12.0 Å². The van der Waals surface area contributed by atoms with E-state index in [4.69, 9.17) is 16.3 Å². The van der Waals surface area contributed by atoms with Crippen molar-refractivity contribution in [1.29, 1.82) is 0 Å². The van der Waals surface area contributed by atoms with E-state index in [9.17, 15) is 9.18 Å². The van der Waals surface area contributed by atoms with Crippen LogP contribution >= 0.6 is 11.6 Å². The van der Waals surface area contributed by atoms with E-state index < -0.39 is 5.82 Å². The molecule has 0 saturated heterocycles. The van der Waals surface area contributed by atoms with Gasteiger partial charge >= 0.3 is 0 Å². The number of ketones is 1. The minimum atomic E-state index is -0.512. The van der Waals surface area contributed by atoms with Gasteiger partial charge in [0.1, 0.15) is 11.6 Å². The van der Waals surface area contributed by atoms with E-state index in [0.29, 0.717) is 23.5 Å². The summed E-state index contributed by atoms with van der Waals surface area (Å²) in [6.45, 7) is 2.62. The summed E-state index contributed by atoms with van der Waals surface area (Å²) in [4.78, 5) is 12.3. The third kappa shape index (κ3) is 4.05. The van der Waals surface area contributed by atoms with Crippen molar-refractivity contribution in [2.45, 2.75) is 19.8 Å². The molecule has 2 aromatic rings. The number of halogens is 2. The lowest BCUT2D eigenvalue weighted by molar-refractivity contribution is 0.0992. The van der Waals surface area contributed by atoms with Gasteiger partial charge in [0.25, 0.3) is 0 Å². The Balaban J connectivity index is 2.15. The molecule has 21 heavy (non-hydrogen) atoms. The zero-order valence-electron chi connectivity index (χ0n) is 11.7. The summed E-state index contributed by atoms with van der Waals surface area (Å²) in [6, 6.07) is 11.5. The van der Waals surface area contributed by atoms with E-state index in [0.717, 1.165) is 6.42 Å². The number of ether oxygens (including phenoxy) is 1. The van der Waals surface area contributed by atoms with Gasteiger partial charge in [0.15, 0.2) is 5.78 Å². The van der Waals surface area contributed by atoms with Crippen LogP contribution in [0.1, 0.15) is 29.3 Å². The Morgan fingerprint density at radius 3 is 2.76 bits per heavy atom. The molecular formula is C17H16ClFO2. The molecule has 0 fully saturated rings. The molecule has 2 nitrogen and oxygen atoms in total. The number of carbonyl (C=O) groups is 1. The normalized spacial score (nSPS) is 10.4. The lowest BCUT2D eigenvalue weighted by Gasteiger charge is -2.07. The highest BCUT2D eigenvalue weighted by Crippen LogP contribution is 2.22. The molecule has 0 aliphatic carbocycles. The lowest BCUT2D eigenvalue weighted by atomic mass is 10.0. The number of hydrogen-bond donors (Lipinski definition) is 0. The van der Waals surface area contributed by atoms with Crippen molar-refractivity contribution in [2.75, 3.05) is 6.61 Å². The van der Waals surface area contributed by atoms with Crippen LogP contribution in [0.5, 0.6) is 5.75 Å². The van der Waals surface area contributed by atoms with Crippen LogP contribution in [0, 0.1) is 5.82 Å². The maximum Gasteiger partial charge on any atom is 0.167 e. The minimum absolute atomic E-state index is 0.00392. The Morgan fingerprint density at radius 2 is 2.00 bits per heavy atom. The van der Waals surface area contributed by atoms with Gasteiger partial charge < -0.3 is 4.74 Å². The van der Waals surface area contributed by atoms with Gasteiger partial charge in [0.2, 0.25) is 0 Å². The highest BCUT2D eigenvalue weighted by atomic mass is 35.5. The van der Waals surface area contributed by atoms with Gasteiger partial charge in [-0.15, -0.1) is 0 Å². The fourth-order valence-corrected chi connectivity index (χ4v) is 2.13. The van der Waals surface area contributed by atoms with Crippen LogP contribution in [0.2, 0.25) is 5.02 Å². The first-order chi connectivity index (χ1) is 10.1. The van der Waals surface area contributed by atoms with Gasteiger partial charge in [-0.1, -0.05) is 42.8 Å². The SMILES string of the molecule is CCCOc1cccc(C(=O)Cc2cccc(F)c2Cl)c1. The predicted molar refractivity (Wildman–Crippen MR) is 81.7 cm³/mol. The predicted octanol–water partition coefficient (Wildman–Crippen LogP) is 4.69. The molecule has 0 aliphatic rings. The Kier molecular flexibility index (Phi) is 5.34. The van der Waals surface area contributed by atoms with Crippen molar-refractivity contribution in [3.8, 4) is 5.75 Å². The Hall–Kier alpha value is -1.87. The summed E-state index contributed by atoms with van der Waals surface area (Å²) < 4.78 is 18.9. The lowest BCUT2D eigenvalue weighted by Crippen LogP contribution is -2.05. The smallest absolute Gasteiger partial charge is 0.167 e. The first kappa shape index (κ1) is 15.5. The molecule has 4 heteroatoms. The van der Waals surface area contributed by atoms with Crippen molar-refractivity contribution in [1.82, 2.24) is 0 Å². The van der Waals surface area contributed by atoms with Crippen LogP contribution in [0.3, 0.4) is 0 Å². The summed E-state index contributed by atoms with van der Waals surface area (Å²) in [5, 5.41) is 0.00392. The van der Waals surface area contributed by atoms with E-state index in [1.54, 1.807) is 30.3 Å². The first-order valence-corrected chi connectivity index (χ1v) is 7.18. The molecule has 110 valence electrons. The fourth-order valence-electron chi connectivity index (χ4n) is 1.94. The molecular weight excluding hydrogens is 291 g/mol. The molecule has 0 aliphatic heterocycles. The molecule has 2 rings (SSSR count). The Bertz CT molecular complexity index is 640. The van der Waals surface area contributed by atoms with Crippen LogP contribution < -0.4 is 4.74 Å². The summed E-state index contributed by atoms with van der Waals surface area (Å²) in [7, 11) is 0. The number of carbonyl (C=O) groups excluding carboxylic acids is 1. The van der Waals surface area contributed by atoms with Crippen molar-refractivity contribution in [2.24, 2.45) is 0 Å². The number of hydrogen-bond acceptors (Lipinski definition) is 2. The third-order valence-corrected chi connectivity index (χ3v) is 3.43. The molecule has 0 amide bonds. The van der Waals surface area contributed by atoms with Gasteiger partial charge in [0.05, 0.1) is 11.6 Å². The van der Waals surface area contributed by atoms with Crippen molar-refractivity contribution in [3.05, 3.63) is 64.4 Å². The van der Waals surface area contributed by atoms with Crippen molar-refractivity contribution in [3.63, 3.8) is 0 Å². The summed E-state index contributed by atoms with van der Waals surface area (Å²) in [6.07, 6.45) is 0.963. The molecule has 0 saturated carbocycles. The summed E-state index contributed by atoms with van der Waals surface area (Å²) in [5.74, 6) is 0.0273. The first-order valence-electron chi connectivity index (χ1n) is 6.80. The molecule has 0 bridgehead atoms. The van der Waals surface area contributed by atoms with Crippen LogP contribution in [-0.4, -0.2) is 12.4 Å². The zero-order valence-corrected chi connectivity index (χ0v) is 12.5. The van der Waals surface area contributed by atoms with E-state index in [1.807, 2.05) is 13.0 Å². The second kappa shape index (κ2) is 7.23. The monoisotopic (exact) mass is 306 g/mol. The Labute approximate surface area is 128 Å². The quantitative estimate of drug-likeness (QED) is 0.723. The van der Waals surface area contributed by atoms with Crippen molar-refractivity contribution >= 4 is 17.4 Å². The van der Waals surface area contributed by atoms with Gasteiger partial charge in [-0.2, -0.15) is 0 Å². The fraction of sp³-hybridized carbons (Fsp3) is 0.235.